The molecule has 0 atom stereocenters. The lowest BCUT2D eigenvalue weighted by atomic mass is 10.7. The predicted molar refractivity (Wildman–Crippen MR) is 28.0 cm³/mol. The Balaban J connectivity index is 2.53. The highest BCUT2D eigenvalue weighted by molar-refractivity contribution is 4.25. The SMILES string of the molecule is NOCCOCCO. The minimum absolute atomic E-state index is 0.0462. The molecule has 0 aromatic carbocycles. The second-order valence-corrected chi connectivity index (χ2v) is 1.21. The number of hydrogen-bond acceptors (Lipinski definition) is 4. The molecule has 0 unspecified atom stereocenters. The first-order chi connectivity index (χ1) is 3.91. The first-order valence-corrected chi connectivity index (χ1v) is 2.42. The monoisotopic (exact) mass is 121 g/mol. The summed E-state index contributed by atoms with van der Waals surface area (Å²) in [5, 5.41) is 8.17. The molecule has 0 radical (unpaired) electrons. The van der Waals surface area contributed by atoms with Gasteiger partial charge >= 0.3 is 0 Å². The summed E-state index contributed by atoms with van der Waals surface area (Å²) in [6.45, 7) is 1.21. The molecule has 8 heavy (non-hydrogen) atoms. The summed E-state index contributed by atoms with van der Waals surface area (Å²) in [5.74, 6) is 4.67. The van der Waals surface area contributed by atoms with Gasteiger partial charge in [0.15, 0.2) is 0 Å². The number of hydrogen-bond donors (Lipinski definition) is 2. The molecular formula is C4H11NO3. The Morgan fingerprint density at radius 3 is 2.50 bits per heavy atom. The Hall–Kier alpha value is -0.160. The van der Waals surface area contributed by atoms with E-state index in [9.17, 15) is 0 Å². The summed E-state index contributed by atoms with van der Waals surface area (Å²) in [6, 6.07) is 0. The second-order valence-electron chi connectivity index (χ2n) is 1.21. The van der Waals surface area contributed by atoms with Crippen molar-refractivity contribution in [3.63, 3.8) is 0 Å². The Morgan fingerprint density at radius 2 is 2.00 bits per heavy atom. The molecule has 0 bridgehead atoms. The van der Waals surface area contributed by atoms with Gasteiger partial charge in [0.1, 0.15) is 0 Å². The topological polar surface area (TPSA) is 64.7 Å². The summed E-state index contributed by atoms with van der Waals surface area (Å²) >= 11 is 0. The molecule has 0 saturated carbocycles. The summed E-state index contributed by atoms with van der Waals surface area (Å²) < 4.78 is 4.77. The van der Waals surface area contributed by atoms with Crippen molar-refractivity contribution in [3.05, 3.63) is 0 Å². The van der Waals surface area contributed by atoms with E-state index in [0.29, 0.717) is 19.8 Å². The molecule has 0 aliphatic heterocycles. The minimum atomic E-state index is 0.0462. The van der Waals surface area contributed by atoms with Crippen molar-refractivity contribution >= 4 is 0 Å². The van der Waals surface area contributed by atoms with Gasteiger partial charge in [0.25, 0.3) is 0 Å². The maximum atomic E-state index is 8.17. The molecule has 0 amide bonds. The van der Waals surface area contributed by atoms with Crippen molar-refractivity contribution < 1.29 is 14.7 Å². The molecule has 0 aromatic rings. The van der Waals surface area contributed by atoms with Crippen LogP contribution in [0.4, 0.5) is 0 Å². The quantitative estimate of drug-likeness (QED) is 0.357. The van der Waals surface area contributed by atoms with Crippen LogP contribution < -0.4 is 5.90 Å². The zero-order chi connectivity index (χ0) is 6.24. The van der Waals surface area contributed by atoms with E-state index < -0.39 is 0 Å². The van der Waals surface area contributed by atoms with Crippen LogP contribution >= 0.6 is 0 Å². The standard InChI is InChI=1S/C4H11NO3/c5-8-4-3-7-2-1-6/h6H,1-5H2. The molecule has 0 fully saturated rings. The fourth-order valence-electron chi connectivity index (χ4n) is 0.274. The third-order valence-electron chi connectivity index (χ3n) is 0.581. The van der Waals surface area contributed by atoms with Gasteiger partial charge in [0.05, 0.1) is 26.4 Å². The van der Waals surface area contributed by atoms with E-state index in [4.69, 9.17) is 9.84 Å². The highest BCUT2D eigenvalue weighted by Crippen LogP contribution is 1.71. The molecule has 4 heteroatoms. The van der Waals surface area contributed by atoms with Gasteiger partial charge in [0, 0.05) is 0 Å². The van der Waals surface area contributed by atoms with Gasteiger partial charge in [-0.2, -0.15) is 0 Å². The zero-order valence-electron chi connectivity index (χ0n) is 4.67. The van der Waals surface area contributed by atoms with Crippen molar-refractivity contribution in [3.8, 4) is 0 Å². The lowest BCUT2D eigenvalue weighted by Crippen LogP contribution is -2.09. The lowest BCUT2D eigenvalue weighted by molar-refractivity contribution is 0.0330. The van der Waals surface area contributed by atoms with Gasteiger partial charge in [-0.05, 0) is 0 Å². The van der Waals surface area contributed by atoms with Gasteiger partial charge < -0.3 is 14.7 Å². The van der Waals surface area contributed by atoms with Crippen molar-refractivity contribution in [2.45, 2.75) is 0 Å². The number of aliphatic hydroxyl groups is 1. The second kappa shape index (κ2) is 6.84. The van der Waals surface area contributed by atoms with E-state index in [0.717, 1.165) is 0 Å². The van der Waals surface area contributed by atoms with Crippen molar-refractivity contribution in [1.82, 2.24) is 0 Å². The molecule has 0 spiro atoms. The van der Waals surface area contributed by atoms with Gasteiger partial charge in [-0.3, -0.25) is 0 Å². The van der Waals surface area contributed by atoms with Crippen LogP contribution in [0.3, 0.4) is 0 Å². The molecule has 0 aromatic heterocycles. The Morgan fingerprint density at radius 1 is 1.25 bits per heavy atom. The molecule has 0 rings (SSSR count). The fourth-order valence-corrected chi connectivity index (χ4v) is 0.274. The van der Waals surface area contributed by atoms with Crippen LogP contribution in [-0.2, 0) is 9.57 Å². The molecule has 0 aliphatic carbocycles. The van der Waals surface area contributed by atoms with Crippen molar-refractivity contribution in [2.75, 3.05) is 26.4 Å². The average molecular weight is 121 g/mol. The van der Waals surface area contributed by atoms with Crippen LogP contribution in [0, 0.1) is 0 Å². The molecule has 3 N–H and O–H groups in total. The van der Waals surface area contributed by atoms with E-state index >= 15 is 0 Å². The van der Waals surface area contributed by atoms with Crippen LogP contribution in [0.2, 0.25) is 0 Å². The van der Waals surface area contributed by atoms with E-state index in [1.807, 2.05) is 0 Å². The highest BCUT2D eigenvalue weighted by atomic mass is 16.6. The predicted octanol–water partition coefficient (Wildman–Crippen LogP) is -1.11. The highest BCUT2D eigenvalue weighted by Gasteiger charge is 1.82. The summed E-state index contributed by atoms with van der Waals surface area (Å²) in [4.78, 5) is 4.18. The maximum absolute atomic E-state index is 8.17. The molecule has 4 nitrogen and oxygen atoms in total. The summed E-state index contributed by atoms with van der Waals surface area (Å²) in [5.41, 5.74) is 0. The van der Waals surface area contributed by atoms with E-state index in [1.54, 1.807) is 0 Å². The van der Waals surface area contributed by atoms with Crippen LogP contribution in [0.15, 0.2) is 0 Å². The normalized spacial score (nSPS) is 9.75. The number of ether oxygens (including phenoxy) is 1. The smallest absolute Gasteiger partial charge is 0.0913 e. The fraction of sp³-hybridized carbons (Fsp3) is 1.00. The van der Waals surface area contributed by atoms with Gasteiger partial charge in [0.2, 0.25) is 0 Å². The summed E-state index contributed by atoms with van der Waals surface area (Å²) in [7, 11) is 0. The number of rotatable bonds is 5. The Kier molecular flexibility index (Phi) is 6.70. The van der Waals surface area contributed by atoms with Crippen molar-refractivity contribution in [1.29, 1.82) is 0 Å². The van der Waals surface area contributed by atoms with E-state index in [2.05, 4.69) is 10.7 Å². The maximum Gasteiger partial charge on any atom is 0.0913 e. The molecular weight excluding hydrogens is 110 g/mol. The number of aliphatic hydroxyl groups excluding tert-OH is 1. The molecule has 0 aliphatic rings. The van der Waals surface area contributed by atoms with E-state index in [1.165, 1.54) is 0 Å². The lowest BCUT2D eigenvalue weighted by Gasteiger charge is -1.97. The van der Waals surface area contributed by atoms with Gasteiger partial charge in [-0.1, -0.05) is 0 Å². The molecule has 50 valence electrons. The van der Waals surface area contributed by atoms with Crippen LogP contribution in [0.5, 0.6) is 0 Å². The largest absolute Gasteiger partial charge is 0.394 e. The van der Waals surface area contributed by atoms with E-state index in [-0.39, 0.29) is 6.61 Å². The van der Waals surface area contributed by atoms with Crippen LogP contribution in [0.25, 0.3) is 0 Å². The molecule has 0 heterocycles. The summed E-state index contributed by atoms with van der Waals surface area (Å²) in [6.07, 6.45) is 0. The third-order valence-corrected chi connectivity index (χ3v) is 0.581. The first kappa shape index (κ1) is 7.84. The van der Waals surface area contributed by atoms with Gasteiger partial charge in [-0.25, -0.2) is 5.90 Å². The number of nitrogens with two attached hydrogens (primary N) is 1. The Labute approximate surface area is 48.1 Å². The van der Waals surface area contributed by atoms with Gasteiger partial charge in [-0.15, -0.1) is 0 Å². The van der Waals surface area contributed by atoms with Crippen LogP contribution in [-0.4, -0.2) is 31.5 Å². The van der Waals surface area contributed by atoms with Crippen molar-refractivity contribution in [2.24, 2.45) is 5.90 Å². The zero-order valence-corrected chi connectivity index (χ0v) is 4.67. The molecule has 0 saturated heterocycles. The average Bonchev–Trinajstić information content (AvgIpc) is 1.81. The minimum Gasteiger partial charge on any atom is -0.394 e. The Bertz CT molecular complexity index is 36.3. The first-order valence-electron chi connectivity index (χ1n) is 2.42. The third kappa shape index (κ3) is 5.84. The van der Waals surface area contributed by atoms with Crippen LogP contribution in [0.1, 0.15) is 0 Å².